The highest BCUT2D eigenvalue weighted by Gasteiger charge is 2.32. The Morgan fingerprint density at radius 2 is 2.00 bits per heavy atom. The average Bonchev–Trinajstić information content (AvgIpc) is 2.47. The summed E-state index contributed by atoms with van der Waals surface area (Å²) in [5.74, 6) is 2.31. The van der Waals surface area contributed by atoms with Crippen LogP contribution in [0.1, 0.15) is 65.7 Å². The molecule has 0 aromatic heterocycles. The van der Waals surface area contributed by atoms with Crippen LogP contribution in [0.15, 0.2) is 0 Å². The normalized spacial score (nSPS) is 35.0. The average molecular weight is 280 g/mol. The number of rotatable bonds is 4. The van der Waals surface area contributed by atoms with Crippen molar-refractivity contribution >= 4 is 5.91 Å². The van der Waals surface area contributed by atoms with Crippen LogP contribution in [0.4, 0.5) is 0 Å². The summed E-state index contributed by atoms with van der Waals surface area (Å²) in [4.78, 5) is 12.5. The van der Waals surface area contributed by atoms with Gasteiger partial charge in [0.25, 0.3) is 0 Å². The molecule has 1 aliphatic carbocycles. The second-order valence-electron chi connectivity index (χ2n) is 7.11. The molecule has 0 spiro atoms. The fraction of sp³-hybridized carbons (Fsp3) is 0.941. The van der Waals surface area contributed by atoms with Gasteiger partial charge in [-0.15, -0.1) is 0 Å². The van der Waals surface area contributed by atoms with E-state index in [4.69, 9.17) is 0 Å². The van der Waals surface area contributed by atoms with Gasteiger partial charge in [0.05, 0.1) is 6.04 Å². The first kappa shape index (κ1) is 15.8. The van der Waals surface area contributed by atoms with E-state index in [1.807, 2.05) is 0 Å². The maximum atomic E-state index is 12.5. The van der Waals surface area contributed by atoms with Crippen molar-refractivity contribution in [1.82, 2.24) is 10.6 Å². The molecule has 1 heterocycles. The van der Waals surface area contributed by atoms with E-state index in [0.29, 0.717) is 17.9 Å². The van der Waals surface area contributed by atoms with Crippen LogP contribution in [0.25, 0.3) is 0 Å². The minimum absolute atomic E-state index is 0.0449. The van der Waals surface area contributed by atoms with Gasteiger partial charge in [-0.05, 0) is 50.0 Å². The van der Waals surface area contributed by atoms with Gasteiger partial charge in [0.1, 0.15) is 0 Å². The Bertz CT molecular complexity index is 316. The van der Waals surface area contributed by atoms with Gasteiger partial charge < -0.3 is 10.6 Å². The van der Waals surface area contributed by atoms with Crippen LogP contribution in [-0.2, 0) is 4.79 Å². The van der Waals surface area contributed by atoms with Crippen LogP contribution >= 0.6 is 0 Å². The number of carbonyl (C=O) groups excluding carboxylic acids is 1. The van der Waals surface area contributed by atoms with Crippen molar-refractivity contribution in [3.05, 3.63) is 0 Å². The van der Waals surface area contributed by atoms with Crippen molar-refractivity contribution in [2.24, 2.45) is 17.8 Å². The van der Waals surface area contributed by atoms with Crippen molar-refractivity contribution in [3.63, 3.8) is 0 Å². The quantitative estimate of drug-likeness (QED) is 0.831. The van der Waals surface area contributed by atoms with E-state index in [1.54, 1.807) is 0 Å². The smallest absolute Gasteiger partial charge is 0.237 e. The first-order chi connectivity index (χ1) is 9.61. The third kappa shape index (κ3) is 3.97. The van der Waals surface area contributed by atoms with Gasteiger partial charge in [-0.1, -0.05) is 40.0 Å². The Labute approximate surface area is 124 Å². The Kier molecular flexibility index (Phi) is 5.88. The van der Waals surface area contributed by atoms with Crippen molar-refractivity contribution in [1.29, 1.82) is 0 Å². The van der Waals surface area contributed by atoms with Gasteiger partial charge in [0, 0.05) is 6.04 Å². The summed E-state index contributed by atoms with van der Waals surface area (Å²) < 4.78 is 0. The minimum atomic E-state index is 0.0449. The van der Waals surface area contributed by atoms with Crippen LogP contribution in [0.2, 0.25) is 0 Å². The lowest BCUT2D eigenvalue weighted by atomic mass is 9.77. The summed E-state index contributed by atoms with van der Waals surface area (Å²) >= 11 is 0. The summed E-state index contributed by atoms with van der Waals surface area (Å²) in [6.45, 7) is 7.82. The van der Waals surface area contributed by atoms with E-state index >= 15 is 0 Å². The molecule has 2 aliphatic rings. The molecule has 1 amide bonds. The number of piperidine rings is 1. The molecule has 0 aromatic rings. The molecule has 3 nitrogen and oxygen atoms in total. The highest BCUT2D eigenvalue weighted by atomic mass is 16.2. The monoisotopic (exact) mass is 280 g/mol. The minimum Gasteiger partial charge on any atom is -0.352 e. The van der Waals surface area contributed by atoms with Gasteiger partial charge in [0.15, 0.2) is 0 Å². The Balaban J connectivity index is 1.89. The van der Waals surface area contributed by atoms with E-state index in [9.17, 15) is 4.79 Å². The lowest BCUT2D eigenvalue weighted by Crippen LogP contribution is -2.53. The van der Waals surface area contributed by atoms with Gasteiger partial charge in [0.2, 0.25) is 5.91 Å². The highest BCUT2D eigenvalue weighted by molar-refractivity contribution is 5.82. The van der Waals surface area contributed by atoms with Crippen LogP contribution in [-0.4, -0.2) is 24.5 Å². The lowest BCUT2D eigenvalue weighted by molar-refractivity contribution is -0.125. The number of hydrogen-bond acceptors (Lipinski definition) is 2. The van der Waals surface area contributed by atoms with Gasteiger partial charge >= 0.3 is 0 Å². The zero-order valence-corrected chi connectivity index (χ0v) is 13.5. The summed E-state index contributed by atoms with van der Waals surface area (Å²) in [5.41, 5.74) is 0. The molecule has 3 heteroatoms. The van der Waals surface area contributed by atoms with Crippen LogP contribution in [0.5, 0.6) is 0 Å². The predicted octanol–water partition coefficient (Wildman–Crippen LogP) is 3.10. The molecule has 116 valence electrons. The van der Waals surface area contributed by atoms with Crippen LogP contribution in [0.3, 0.4) is 0 Å². The van der Waals surface area contributed by atoms with Crippen molar-refractivity contribution in [2.45, 2.75) is 77.8 Å². The molecule has 2 fully saturated rings. The van der Waals surface area contributed by atoms with E-state index in [0.717, 1.165) is 18.9 Å². The SMILES string of the molecule is CCC1CCNC(C(=O)NC2CCCCC2C(C)C)C1. The molecule has 2 rings (SSSR count). The molecule has 0 aromatic carbocycles. The van der Waals surface area contributed by atoms with Gasteiger partial charge in [-0.2, -0.15) is 0 Å². The van der Waals surface area contributed by atoms with Crippen molar-refractivity contribution in [3.8, 4) is 0 Å². The molecule has 0 bridgehead atoms. The van der Waals surface area contributed by atoms with Crippen molar-refractivity contribution < 1.29 is 4.79 Å². The summed E-state index contributed by atoms with van der Waals surface area (Å²) in [5, 5.41) is 6.77. The first-order valence-corrected chi connectivity index (χ1v) is 8.65. The molecule has 1 saturated carbocycles. The van der Waals surface area contributed by atoms with Crippen LogP contribution < -0.4 is 10.6 Å². The van der Waals surface area contributed by atoms with E-state index in [2.05, 4.69) is 31.4 Å². The summed E-state index contributed by atoms with van der Waals surface area (Å²) in [6, 6.07) is 0.448. The summed E-state index contributed by atoms with van der Waals surface area (Å²) in [6.07, 6.45) is 8.47. The number of nitrogens with one attached hydrogen (secondary N) is 2. The molecule has 0 radical (unpaired) electrons. The second-order valence-corrected chi connectivity index (χ2v) is 7.11. The third-order valence-corrected chi connectivity index (χ3v) is 5.41. The Hall–Kier alpha value is -0.570. The molecule has 20 heavy (non-hydrogen) atoms. The maximum Gasteiger partial charge on any atom is 0.237 e. The predicted molar refractivity (Wildman–Crippen MR) is 83.5 cm³/mol. The highest BCUT2D eigenvalue weighted by Crippen LogP contribution is 2.30. The molecule has 4 atom stereocenters. The van der Waals surface area contributed by atoms with Gasteiger partial charge in [-0.3, -0.25) is 4.79 Å². The number of amides is 1. The fourth-order valence-corrected chi connectivity index (χ4v) is 3.99. The second kappa shape index (κ2) is 7.44. The van der Waals surface area contributed by atoms with E-state index < -0.39 is 0 Å². The van der Waals surface area contributed by atoms with Crippen molar-refractivity contribution in [2.75, 3.05) is 6.54 Å². The molecule has 1 aliphatic heterocycles. The maximum absolute atomic E-state index is 12.5. The zero-order valence-electron chi connectivity index (χ0n) is 13.5. The largest absolute Gasteiger partial charge is 0.352 e. The summed E-state index contributed by atoms with van der Waals surface area (Å²) in [7, 11) is 0. The number of hydrogen-bond donors (Lipinski definition) is 2. The van der Waals surface area contributed by atoms with E-state index in [1.165, 1.54) is 38.5 Å². The lowest BCUT2D eigenvalue weighted by Gasteiger charge is -2.37. The van der Waals surface area contributed by atoms with Crippen LogP contribution in [0, 0.1) is 17.8 Å². The Morgan fingerprint density at radius 1 is 1.25 bits per heavy atom. The molecule has 4 unspecified atom stereocenters. The standard InChI is InChI=1S/C17H32N2O/c1-4-13-9-10-18-16(11-13)17(20)19-15-8-6-5-7-14(15)12(2)3/h12-16,18H,4-11H2,1-3H3,(H,19,20). The van der Waals surface area contributed by atoms with Gasteiger partial charge in [-0.25, -0.2) is 0 Å². The zero-order chi connectivity index (χ0) is 14.5. The topological polar surface area (TPSA) is 41.1 Å². The fourth-order valence-electron chi connectivity index (χ4n) is 3.99. The Morgan fingerprint density at radius 3 is 2.70 bits per heavy atom. The molecule has 1 saturated heterocycles. The third-order valence-electron chi connectivity index (χ3n) is 5.41. The molecule has 2 N–H and O–H groups in total. The molecular formula is C17H32N2O. The van der Waals surface area contributed by atoms with E-state index in [-0.39, 0.29) is 11.9 Å². The molecular weight excluding hydrogens is 248 g/mol. The first-order valence-electron chi connectivity index (χ1n) is 8.65. The number of carbonyl (C=O) groups is 1.